The average molecular weight is 398 g/mol. The van der Waals surface area contributed by atoms with E-state index >= 15 is 0 Å². The fourth-order valence-corrected chi connectivity index (χ4v) is 3.37. The van der Waals surface area contributed by atoms with Gasteiger partial charge >= 0.3 is 6.09 Å². The number of ether oxygens (including phenoxy) is 1. The molecule has 0 spiro atoms. The number of nitrogens with zero attached hydrogens (tertiary/aromatic N) is 1. The van der Waals surface area contributed by atoms with Gasteiger partial charge in [-0.3, -0.25) is 4.79 Å². The van der Waals surface area contributed by atoms with Crippen LogP contribution in [0.2, 0.25) is 0 Å². The highest BCUT2D eigenvalue weighted by Gasteiger charge is 2.27. The van der Waals surface area contributed by atoms with Gasteiger partial charge in [0.2, 0.25) is 0 Å². The minimum absolute atomic E-state index is 0.233. The van der Waals surface area contributed by atoms with Crippen molar-refractivity contribution in [3.05, 3.63) is 65.5 Å². The van der Waals surface area contributed by atoms with Gasteiger partial charge in [0.15, 0.2) is 0 Å². The van der Waals surface area contributed by atoms with Crippen LogP contribution in [0, 0.1) is 5.82 Å². The van der Waals surface area contributed by atoms with E-state index < -0.39 is 5.60 Å². The molecule has 1 N–H and O–H groups in total. The molecule has 2 aromatic carbocycles. The Labute approximate surface area is 170 Å². The standard InChI is InChI=1S/C23H27FN2O3/c1-23(2,3)29-22(28)26-14-12-17(13-15-26)16-4-6-18(7-5-16)21(27)25-20-10-8-19(24)9-11-20/h4-11,17H,12-15H2,1-3H3,(H,25,27). The molecule has 154 valence electrons. The number of halogens is 1. The fraction of sp³-hybridized carbons (Fsp3) is 0.391. The molecule has 0 atom stereocenters. The Bertz CT molecular complexity index is 849. The highest BCUT2D eigenvalue weighted by molar-refractivity contribution is 6.04. The number of benzene rings is 2. The molecule has 6 heteroatoms. The lowest BCUT2D eigenvalue weighted by Crippen LogP contribution is -2.41. The molecule has 1 aliphatic heterocycles. The number of hydrogen-bond donors (Lipinski definition) is 1. The molecule has 0 bridgehead atoms. The van der Waals surface area contributed by atoms with Gasteiger partial charge in [0.1, 0.15) is 11.4 Å². The number of amides is 2. The summed E-state index contributed by atoms with van der Waals surface area (Å²) in [6.07, 6.45) is 1.46. The summed E-state index contributed by atoms with van der Waals surface area (Å²) in [5, 5.41) is 2.76. The van der Waals surface area contributed by atoms with Crippen LogP contribution >= 0.6 is 0 Å². The molecule has 0 aliphatic carbocycles. The van der Waals surface area contributed by atoms with Gasteiger partial charge in [-0.15, -0.1) is 0 Å². The highest BCUT2D eigenvalue weighted by Crippen LogP contribution is 2.29. The van der Waals surface area contributed by atoms with Crippen LogP contribution in [0.15, 0.2) is 48.5 Å². The largest absolute Gasteiger partial charge is 0.444 e. The summed E-state index contributed by atoms with van der Waals surface area (Å²) < 4.78 is 18.4. The Morgan fingerprint density at radius 3 is 2.14 bits per heavy atom. The lowest BCUT2D eigenvalue weighted by atomic mass is 9.89. The van der Waals surface area contributed by atoms with E-state index in [2.05, 4.69) is 5.32 Å². The molecular weight excluding hydrogens is 371 g/mol. The van der Waals surface area contributed by atoms with E-state index in [-0.39, 0.29) is 17.8 Å². The smallest absolute Gasteiger partial charge is 0.410 e. The van der Waals surface area contributed by atoms with Gasteiger partial charge in [-0.05, 0) is 81.5 Å². The molecule has 1 saturated heterocycles. The molecule has 1 aliphatic rings. The third-order valence-corrected chi connectivity index (χ3v) is 4.89. The number of rotatable bonds is 3. The van der Waals surface area contributed by atoms with Crippen LogP contribution in [-0.2, 0) is 4.74 Å². The minimum atomic E-state index is -0.488. The van der Waals surface area contributed by atoms with Crippen LogP contribution in [-0.4, -0.2) is 35.6 Å². The molecular formula is C23H27FN2O3. The summed E-state index contributed by atoms with van der Waals surface area (Å²) in [5.74, 6) is -0.226. The van der Waals surface area contributed by atoms with Crippen LogP contribution in [0.5, 0.6) is 0 Å². The third kappa shape index (κ3) is 5.79. The summed E-state index contributed by atoms with van der Waals surface area (Å²) >= 11 is 0. The van der Waals surface area contributed by atoms with Crippen LogP contribution < -0.4 is 5.32 Å². The van der Waals surface area contributed by atoms with Crippen molar-refractivity contribution in [1.82, 2.24) is 4.90 Å². The van der Waals surface area contributed by atoms with Gasteiger partial charge in [0, 0.05) is 24.3 Å². The average Bonchev–Trinajstić information content (AvgIpc) is 2.69. The molecule has 5 nitrogen and oxygen atoms in total. The van der Waals surface area contributed by atoms with Gasteiger partial charge < -0.3 is 15.0 Å². The summed E-state index contributed by atoms with van der Waals surface area (Å²) in [6.45, 7) is 6.92. The molecule has 1 fully saturated rings. The van der Waals surface area contributed by atoms with Crippen molar-refractivity contribution in [3.63, 3.8) is 0 Å². The maximum atomic E-state index is 13.0. The van der Waals surface area contributed by atoms with Gasteiger partial charge in [0.05, 0.1) is 0 Å². The SMILES string of the molecule is CC(C)(C)OC(=O)N1CCC(c2ccc(C(=O)Nc3ccc(F)cc3)cc2)CC1. The first-order valence-electron chi connectivity index (χ1n) is 9.86. The van der Waals surface area contributed by atoms with Crippen molar-refractivity contribution in [2.24, 2.45) is 0 Å². The van der Waals surface area contributed by atoms with Gasteiger partial charge in [-0.1, -0.05) is 12.1 Å². The summed E-state index contributed by atoms with van der Waals surface area (Å²) in [4.78, 5) is 26.3. The van der Waals surface area contributed by atoms with Crippen molar-refractivity contribution in [2.45, 2.75) is 45.1 Å². The van der Waals surface area contributed by atoms with E-state index in [1.54, 1.807) is 17.0 Å². The quantitative estimate of drug-likeness (QED) is 0.774. The normalized spacial score (nSPS) is 15.1. The number of anilines is 1. The predicted molar refractivity (Wildman–Crippen MR) is 111 cm³/mol. The first-order chi connectivity index (χ1) is 13.7. The Morgan fingerprint density at radius 2 is 1.59 bits per heavy atom. The van der Waals surface area contributed by atoms with E-state index in [0.29, 0.717) is 30.3 Å². The van der Waals surface area contributed by atoms with Crippen molar-refractivity contribution in [3.8, 4) is 0 Å². The molecule has 0 aromatic heterocycles. The van der Waals surface area contributed by atoms with Crippen LogP contribution in [0.4, 0.5) is 14.9 Å². The topological polar surface area (TPSA) is 58.6 Å². The third-order valence-electron chi connectivity index (χ3n) is 4.89. The minimum Gasteiger partial charge on any atom is -0.444 e. The second-order valence-corrected chi connectivity index (χ2v) is 8.32. The van der Waals surface area contributed by atoms with E-state index in [4.69, 9.17) is 4.74 Å². The molecule has 0 saturated carbocycles. The summed E-state index contributed by atoms with van der Waals surface area (Å²) in [7, 11) is 0. The maximum absolute atomic E-state index is 13.0. The summed E-state index contributed by atoms with van der Waals surface area (Å²) in [6, 6.07) is 13.2. The highest BCUT2D eigenvalue weighted by atomic mass is 19.1. The van der Waals surface area contributed by atoms with Crippen LogP contribution in [0.1, 0.15) is 55.5 Å². The van der Waals surface area contributed by atoms with Gasteiger partial charge in [-0.25, -0.2) is 9.18 Å². The maximum Gasteiger partial charge on any atom is 0.410 e. The first kappa shape index (κ1) is 20.8. The zero-order chi connectivity index (χ0) is 21.0. The first-order valence-corrected chi connectivity index (χ1v) is 9.86. The molecule has 3 rings (SSSR count). The second kappa shape index (κ2) is 8.64. The second-order valence-electron chi connectivity index (χ2n) is 8.32. The number of carbonyl (C=O) groups excluding carboxylic acids is 2. The number of likely N-dealkylation sites (tertiary alicyclic amines) is 1. The fourth-order valence-electron chi connectivity index (χ4n) is 3.37. The Morgan fingerprint density at radius 1 is 1.00 bits per heavy atom. The molecule has 0 unspecified atom stereocenters. The van der Waals surface area contributed by atoms with Crippen molar-refractivity contribution < 1.29 is 18.7 Å². The number of piperidine rings is 1. The Kier molecular flexibility index (Phi) is 6.20. The molecule has 1 heterocycles. The van der Waals surface area contributed by atoms with E-state index in [1.165, 1.54) is 24.3 Å². The number of hydrogen-bond acceptors (Lipinski definition) is 3. The van der Waals surface area contributed by atoms with E-state index in [1.807, 2.05) is 32.9 Å². The molecule has 29 heavy (non-hydrogen) atoms. The number of nitrogens with one attached hydrogen (secondary N) is 1. The zero-order valence-electron chi connectivity index (χ0n) is 17.1. The molecule has 0 radical (unpaired) electrons. The zero-order valence-corrected chi connectivity index (χ0v) is 17.1. The lowest BCUT2D eigenvalue weighted by Gasteiger charge is -2.33. The molecule has 2 aromatic rings. The van der Waals surface area contributed by atoms with Crippen molar-refractivity contribution in [2.75, 3.05) is 18.4 Å². The van der Waals surface area contributed by atoms with E-state index in [0.717, 1.165) is 18.4 Å². The summed E-state index contributed by atoms with van der Waals surface area (Å²) in [5.41, 5.74) is 1.77. The lowest BCUT2D eigenvalue weighted by molar-refractivity contribution is 0.0204. The van der Waals surface area contributed by atoms with Crippen molar-refractivity contribution >= 4 is 17.7 Å². The van der Waals surface area contributed by atoms with Crippen LogP contribution in [0.3, 0.4) is 0 Å². The van der Waals surface area contributed by atoms with Crippen molar-refractivity contribution in [1.29, 1.82) is 0 Å². The molecule has 2 amide bonds. The van der Waals surface area contributed by atoms with E-state index in [9.17, 15) is 14.0 Å². The number of carbonyl (C=O) groups is 2. The Balaban J connectivity index is 1.55. The van der Waals surface area contributed by atoms with Crippen LogP contribution in [0.25, 0.3) is 0 Å². The van der Waals surface area contributed by atoms with Gasteiger partial charge in [-0.2, -0.15) is 0 Å². The monoisotopic (exact) mass is 398 g/mol. The van der Waals surface area contributed by atoms with Gasteiger partial charge in [0.25, 0.3) is 5.91 Å². The Hall–Kier alpha value is -2.89. The predicted octanol–water partition coefficient (Wildman–Crippen LogP) is 5.19.